The van der Waals surface area contributed by atoms with Gasteiger partial charge in [-0.2, -0.15) is 0 Å². The van der Waals surface area contributed by atoms with Gasteiger partial charge in [0.15, 0.2) is 0 Å². The van der Waals surface area contributed by atoms with Crippen LogP contribution in [-0.2, 0) is 11.3 Å². The fourth-order valence-electron chi connectivity index (χ4n) is 2.71. The zero-order chi connectivity index (χ0) is 15.5. The molecule has 0 radical (unpaired) electrons. The Kier molecular flexibility index (Phi) is 4.27. The van der Waals surface area contributed by atoms with Crippen LogP contribution in [0.25, 0.3) is 0 Å². The fourth-order valence-corrected chi connectivity index (χ4v) is 2.71. The minimum Gasteiger partial charge on any atom is -0.364 e. The summed E-state index contributed by atoms with van der Waals surface area (Å²) in [6.45, 7) is 5.40. The molecule has 4 heteroatoms. The molecule has 1 heterocycles. The van der Waals surface area contributed by atoms with Crippen molar-refractivity contribution in [1.82, 2.24) is 10.1 Å². The normalized spacial score (nSPS) is 15.5. The third-order valence-electron chi connectivity index (χ3n) is 4.31. The smallest absolute Gasteiger partial charge is 0.226 e. The number of hydrogen-bond donors (Lipinski definition) is 0. The molecule has 0 N–H and O–H groups in total. The van der Waals surface area contributed by atoms with Gasteiger partial charge in [-0.1, -0.05) is 42.4 Å². The van der Waals surface area contributed by atoms with Crippen LogP contribution in [0.4, 0.5) is 0 Å². The summed E-state index contributed by atoms with van der Waals surface area (Å²) in [5, 5.41) is 3.91. The second-order valence-corrected chi connectivity index (χ2v) is 6.23. The van der Waals surface area contributed by atoms with E-state index in [0.717, 1.165) is 30.6 Å². The summed E-state index contributed by atoms with van der Waals surface area (Å²) in [6, 6.07) is 10.3. The lowest BCUT2D eigenvalue weighted by atomic mass is 10.0. The molecule has 1 atom stereocenters. The predicted molar refractivity (Wildman–Crippen MR) is 84.2 cm³/mol. The summed E-state index contributed by atoms with van der Waals surface area (Å²) in [4.78, 5) is 14.6. The summed E-state index contributed by atoms with van der Waals surface area (Å²) in [5.74, 6) is 0.801. The number of rotatable bonds is 6. The van der Waals surface area contributed by atoms with E-state index in [0.29, 0.717) is 12.5 Å². The van der Waals surface area contributed by atoms with E-state index in [2.05, 4.69) is 24.2 Å². The summed E-state index contributed by atoms with van der Waals surface area (Å²) in [7, 11) is 0. The van der Waals surface area contributed by atoms with Gasteiger partial charge >= 0.3 is 0 Å². The molecule has 1 aliphatic carbocycles. The molecule has 0 aliphatic heterocycles. The average molecular weight is 298 g/mol. The Balaban J connectivity index is 1.73. The van der Waals surface area contributed by atoms with Gasteiger partial charge in [-0.05, 0) is 31.2 Å². The molecule has 1 aromatic carbocycles. The highest BCUT2D eigenvalue weighted by atomic mass is 16.5. The van der Waals surface area contributed by atoms with Crippen LogP contribution in [0.1, 0.15) is 42.5 Å². The Hall–Kier alpha value is -2.10. The molecule has 0 bridgehead atoms. The standard InChI is InChI=1S/C18H22N2O2/c1-13(15-6-4-3-5-7-15)10-20(18(21)16-8-9-16)11-17-12-22-19-14(17)2/h3-7,12-13,16H,8-11H2,1-2H3. The van der Waals surface area contributed by atoms with Crippen molar-refractivity contribution in [2.45, 2.75) is 39.2 Å². The van der Waals surface area contributed by atoms with Gasteiger partial charge in [0.25, 0.3) is 0 Å². The third-order valence-corrected chi connectivity index (χ3v) is 4.31. The molecule has 1 aliphatic rings. The molecule has 1 aromatic heterocycles. The van der Waals surface area contributed by atoms with E-state index in [1.807, 2.05) is 30.0 Å². The summed E-state index contributed by atoms with van der Waals surface area (Å²) in [6.07, 6.45) is 3.70. The molecule has 1 saturated carbocycles. The molecule has 2 aromatic rings. The first-order valence-corrected chi connectivity index (χ1v) is 7.88. The van der Waals surface area contributed by atoms with Crippen molar-refractivity contribution in [1.29, 1.82) is 0 Å². The van der Waals surface area contributed by atoms with Crippen molar-refractivity contribution >= 4 is 5.91 Å². The first kappa shape index (κ1) is 14.8. The van der Waals surface area contributed by atoms with Crippen molar-refractivity contribution < 1.29 is 9.32 Å². The Labute approximate surface area is 131 Å². The number of carbonyl (C=O) groups excluding carboxylic acids is 1. The van der Waals surface area contributed by atoms with Crippen molar-refractivity contribution in [3.63, 3.8) is 0 Å². The Morgan fingerprint density at radius 2 is 2.09 bits per heavy atom. The minimum atomic E-state index is 0.225. The molecule has 1 amide bonds. The lowest BCUT2D eigenvalue weighted by Crippen LogP contribution is -2.35. The monoisotopic (exact) mass is 298 g/mol. The zero-order valence-corrected chi connectivity index (χ0v) is 13.2. The first-order chi connectivity index (χ1) is 10.6. The molecule has 4 nitrogen and oxygen atoms in total. The number of benzene rings is 1. The minimum absolute atomic E-state index is 0.225. The van der Waals surface area contributed by atoms with Crippen LogP contribution < -0.4 is 0 Å². The average Bonchev–Trinajstić information content (AvgIpc) is 3.31. The van der Waals surface area contributed by atoms with Gasteiger partial charge in [0.2, 0.25) is 5.91 Å². The van der Waals surface area contributed by atoms with Crippen LogP contribution in [0, 0.1) is 12.8 Å². The lowest BCUT2D eigenvalue weighted by Gasteiger charge is -2.26. The second-order valence-electron chi connectivity index (χ2n) is 6.23. The van der Waals surface area contributed by atoms with E-state index in [4.69, 9.17) is 4.52 Å². The van der Waals surface area contributed by atoms with E-state index in [1.54, 1.807) is 6.26 Å². The predicted octanol–water partition coefficient (Wildman–Crippen LogP) is 3.53. The van der Waals surface area contributed by atoms with E-state index >= 15 is 0 Å². The highest BCUT2D eigenvalue weighted by Crippen LogP contribution is 2.32. The van der Waals surface area contributed by atoms with Gasteiger partial charge < -0.3 is 9.42 Å². The maximum absolute atomic E-state index is 12.6. The topological polar surface area (TPSA) is 46.3 Å². The summed E-state index contributed by atoms with van der Waals surface area (Å²) < 4.78 is 5.00. The van der Waals surface area contributed by atoms with Gasteiger partial charge in [0.05, 0.1) is 12.2 Å². The van der Waals surface area contributed by atoms with E-state index in [-0.39, 0.29) is 11.8 Å². The zero-order valence-electron chi connectivity index (χ0n) is 13.2. The molecule has 22 heavy (non-hydrogen) atoms. The van der Waals surface area contributed by atoms with Crippen molar-refractivity contribution in [3.8, 4) is 0 Å². The van der Waals surface area contributed by atoms with Crippen LogP contribution in [0.2, 0.25) is 0 Å². The maximum atomic E-state index is 12.6. The van der Waals surface area contributed by atoms with Crippen LogP contribution in [0.5, 0.6) is 0 Å². The van der Waals surface area contributed by atoms with E-state index in [1.165, 1.54) is 5.56 Å². The summed E-state index contributed by atoms with van der Waals surface area (Å²) >= 11 is 0. The molecule has 1 unspecified atom stereocenters. The van der Waals surface area contributed by atoms with Crippen LogP contribution >= 0.6 is 0 Å². The molecular formula is C18H22N2O2. The molecule has 3 rings (SSSR count). The maximum Gasteiger partial charge on any atom is 0.226 e. The van der Waals surface area contributed by atoms with Crippen molar-refractivity contribution in [2.75, 3.05) is 6.54 Å². The first-order valence-electron chi connectivity index (χ1n) is 7.88. The highest BCUT2D eigenvalue weighted by Gasteiger charge is 2.34. The van der Waals surface area contributed by atoms with E-state index in [9.17, 15) is 4.79 Å². The van der Waals surface area contributed by atoms with Crippen molar-refractivity contribution in [3.05, 3.63) is 53.4 Å². The van der Waals surface area contributed by atoms with Crippen LogP contribution in [-0.4, -0.2) is 22.5 Å². The summed E-state index contributed by atoms with van der Waals surface area (Å²) in [5.41, 5.74) is 3.12. The molecular weight excluding hydrogens is 276 g/mol. The van der Waals surface area contributed by atoms with Gasteiger partial charge in [-0.25, -0.2) is 0 Å². The Bertz CT molecular complexity index is 632. The lowest BCUT2D eigenvalue weighted by molar-refractivity contribution is -0.133. The van der Waals surface area contributed by atoms with Crippen molar-refractivity contribution in [2.24, 2.45) is 5.92 Å². The van der Waals surface area contributed by atoms with Gasteiger partial charge in [-0.15, -0.1) is 0 Å². The fraction of sp³-hybridized carbons (Fsp3) is 0.444. The SMILES string of the molecule is Cc1nocc1CN(CC(C)c1ccccc1)C(=O)C1CC1. The van der Waals surface area contributed by atoms with Crippen LogP contribution in [0.3, 0.4) is 0 Å². The quantitative estimate of drug-likeness (QED) is 0.819. The Morgan fingerprint density at radius 3 is 2.68 bits per heavy atom. The van der Waals surface area contributed by atoms with E-state index < -0.39 is 0 Å². The largest absolute Gasteiger partial charge is 0.364 e. The number of aryl methyl sites for hydroxylation is 1. The third kappa shape index (κ3) is 3.38. The number of carbonyl (C=O) groups is 1. The van der Waals surface area contributed by atoms with Gasteiger partial charge in [-0.3, -0.25) is 4.79 Å². The van der Waals surface area contributed by atoms with Gasteiger partial charge in [0, 0.05) is 18.0 Å². The second kappa shape index (κ2) is 6.34. The molecule has 116 valence electrons. The number of hydrogen-bond acceptors (Lipinski definition) is 3. The highest BCUT2D eigenvalue weighted by molar-refractivity contribution is 5.81. The van der Waals surface area contributed by atoms with Crippen LogP contribution in [0.15, 0.2) is 41.1 Å². The number of nitrogens with zero attached hydrogens (tertiary/aromatic N) is 2. The molecule has 0 saturated heterocycles. The Morgan fingerprint density at radius 1 is 1.36 bits per heavy atom. The van der Waals surface area contributed by atoms with Gasteiger partial charge in [0.1, 0.15) is 6.26 Å². The number of amides is 1. The number of aromatic nitrogens is 1. The molecule has 1 fully saturated rings. The molecule has 0 spiro atoms.